The fourth-order valence-corrected chi connectivity index (χ4v) is 6.79. The molecule has 4 rings (SSSR count). The van der Waals surface area contributed by atoms with Gasteiger partial charge < -0.3 is 14.6 Å². The van der Waals surface area contributed by atoms with Gasteiger partial charge in [0.2, 0.25) is 5.91 Å². The van der Waals surface area contributed by atoms with Crippen molar-refractivity contribution in [1.29, 1.82) is 0 Å². The first-order valence-corrected chi connectivity index (χ1v) is 12.8. The van der Waals surface area contributed by atoms with Gasteiger partial charge in [0.15, 0.2) is 0 Å². The summed E-state index contributed by atoms with van der Waals surface area (Å²) < 4.78 is 2.15. The molecule has 2 atom stereocenters. The van der Waals surface area contributed by atoms with E-state index in [0.717, 1.165) is 32.1 Å². The summed E-state index contributed by atoms with van der Waals surface area (Å²) in [4.78, 5) is 31.7. The van der Waals surface area contributed by atoms with Gasteiger partial charge in [0.25, 0.3) is 5.56 Å². The van der Waals surface area contributed by atoms with E-state index in [4.69, 9.17) is 0 Å². The highest BCUT2D eigenvalue weighted by atomic mass is 79.9. The van der Waals surface area contributed by atoms with Crippen LogP contribution in [0.15, 0.2) is 21.8 Å². The van der Waals surface area contributed by atoms with Crippen molar-refractivity contribution in [1.82, 2.24) is 14.5 Å². The van der Waals surface area contributed by atoms with Gasteiger partial charge >= 0.3 is 0 Å². The van der Waals surface area contributed by atoms with Crippen LogP contribution in [-0.4, -0.2) is 44.2 Å². The number of halogens is 1. The molecule has 31 heavy (non-hydrogen) atoms. The number of amides is 1. The predicted molar refractivity (Wildman–Crippen MR) is 124 cm³/mol. The number of hydrogen-bond acceptors (Lipinski definition) is 4. The van der Waals surface area contributed by atoms with Crippen molar-refractivity contribution in [3.05, 3.63) is 27.4 Å². The largest absolute Gasteiger partial charge is 0.387 e. The highest BCUT2D eigenvalue weighted by molar-refractivity contribution is 9.10. The molecule has 2 saturated carbocycles. The van der Waals surface area contributed by atoms with Crippen molar-refractivity contribution < 1.29 is 9.90 Å². The molecule has 0 radical (unpaired) electrons. The third-order valence-electron chi connectivity index (χ3n) is 8.26. The van der Waals surface area contributed by atoms with E-state index >= 15 is 0 Å². The second kappa shape index (κ2) is 9.34. The molecule has 1 aromatic rings. The minimum Gasteiger partial charge on any atom is -0.387 e. The van der Waals surface area contributed by atoms with Crippen LogP contribution in [0, 0.1) is 17.3 Å². The highest BCUT2D eigenvalue weighted by Crippen LogP contribution is 2.51. The van der Waals surface area contributed by atoms with E-state index in [0.29, 0.717) is 30.0 Å². The molecule has 1 aliphatic heterocycles. The Morgan fingerprint density at radius 1 is 1.23 bits per heavy atom. The lowest BCUT2D eigenvalue weighted by molar-refractivity contribution is -0.163. The zero-order valence-corrected chi connectivity index (χ0v) is 20.3. The molecule has 0 aromatic carbocycles. The van der Waals surface area contributed by atoms with Crippen LogP contribution in [0.2, 0.25) is 0 Å². The fraction of sp³-hybridized carbons (Fsp3) is 0.792. The Balaban J connectivity index is 1.49. The lowest BCUT2D eigenvalue weighted by atomic mass is 9.65. The van der Waals surface area contributed by atoms with E-state index < -0.39 is 5.60 Å². The molecule has 0 bridgehead atoms. The molecule has 6 nitrogen and oxygen atoms in total. The van der Waals surface area contributed by atoms with Gasteiger partial charge in [-0.25, -0.2) is 4.98 Å². The number of carbonyl (C=O) groups excluding carboxylic acids is 1. The molecule has 1 N–H and O–H groups in total. The number of aromatic nitrogens is 2. The molecular formula is C24H36BrN3O3. The number of piperidine rings is 1. The van der Waals surface area contributed by atoms with Crippen molar-refractivity contribution in [2.75, 3.05) is 13.1 Å². The number of carbonyl (C=O) groups is 1. The van der Waals surface area contributed by atoms with Crippen LogP contribution in [0.3, 0.4) is 0 Å². The molecular weight excluding hydrogens is 458 g/mol. The SMILES string of the molecule is CC(CC1CCCCC1)C(=O)N1CCC(O)(Cn2cc(Br)ncc2=O)C2(CCCC2)C1. The van der Waals surface area contributed by atoms with Crippen molar-refractivity contribution in [2.45, 2.75) is 89.7 Å². The van der Waals surface area contributed by atoms with Gasteiger partial charge in [-0.05, 0) is 47.5 Å². The Morgan fingerprint density at radius 2 is 1.94 bits per heavy atom. The molecule has 3 fully saturated rings. The van der Waals surface area contributed by atoms with Crippen LogP contribution in [0.5, 0.6) is 0 Å². The molecule has 1 spiro atoms. The highest BCUT2D eigenvalue weighted by Gasteiger charge is 2.55. The third kappa shape index (κ3) is 4.77. The van der Waals surface area contributed by atoms with Crippen molar-refractivity contribution in [2.24, 2.45) is 17.3 Å². The van der Waals surface area contributed by atoms with Gasteiger partial charge in [-0.2, -0.15) is 0 Å². The molecule has 2 heterocycles. The molecule has 1 amide bonds. The second-order valence-electron chi connectivity index (χ2n) is 10.3. The van der Waals surface area contributed by atoms with Crippen LogP contribution >= 0.6 is 15.9 Å². The van der Waals surface area contributed by atoms with Crippen LogP contribution < -0.4 is 5.56 Å². The quantitative estimate of drug-likeness (QED) is 0.668. The Kier molecular flexibility index (Phi) is 6.92. The van der Waals surface area contributed by atoms with E-state index in [9.17, 15) is 14.7 Å². The van der Waals surface area contributed by atoms with Gasteiger partial charge in [0.1, 0.15) is 4.60 Å². The number of hydrogen-bond donors (Lipinski definition) is 1. The molecule has 7 heteroatoms. The van der Waals surface area contributed by atoms with E-state index in [1.165, 1.54) is 38.3 Å². The predicted octanol–water partition coefficient (Wildman–Crippen LogP) is 4.14. The minimum atomic E-state index is -0.989. The Morgan fingerprint density at radius 3 is 2.65 bits per heavy atom. The van der Waals surface area contributed by atoms with Gasteiger partial charge in [-0.1, -0.05) is 51.9 Å². The van der Waals surface area contributed by atoms with Gasteiger partial charge in [-0.3, -0.25) is 9.59 Å². The Labute approximate surface area is 193 Å². The monoisotopic (exact) mass is 493 g/mol. The molecule has 172 valence electrons. The number of likely N-dealkylation sites (tertiary alicyclic amines) is 1. The van der Waals surface area contributed by atoms with Crippen LogP contribution in [0.4, 0.5) is 0 Å². The molecule has 1 aromatic heterocycles. The number of rotatable bonds is 5. The zero-order valence-electron chi connectivity index (χ0n) is 18.7. The maximum Gasteiger partial charge on any atom is 0.269 e. The second-order valence-corrected chi connectivity index (χ2v) is 11.2. The van der Waals surface area contributed by atoms with Gasteiger partial charge in [-0.15, -0.1) is 0 Å². The van der Waals surface area contributed by atoms with Crippen LogP contribution in [-0.2, 0) is 11.3 Å². The summed E-state index contributed by atoms with van der Waals surface area (Å²) in [7, 11) is 0. The summed E-state index contributed by atoms with van der Waals surface area (Å²) in [5.41, 5.74) is -1.53. The number of nitrogens with zero attached hydrogens (tertiary/aromatic N) is 3. The van der Waals surface area contributed by atoms with E-state index in [-0.39, 0.29) is 29.3 Å². The summed E-state index contributed by atoms with van der Waals surface area (Å²) in [5, 5.41) is 11.9. The first kappa shape index (κ1) is 23.0. The summed E-state index contributed by atoms with van der Waals surface area (Å²) >= 11 is 3.33. The summed E-state index contributed by atoms with van der Waals surface area (Å²) in [6, 6.07) is 0. The van der Waals surface area contributed by atoms with E-state index in [1.807, 2.05) is 4.90 Å². The van der Waals surface area contributed by atoms with Gasteiger partial charge in [0.05, 0.1) is 18.3 Å². The zero-order chi connectivity index (χ0) is 22.1. The summed E-state index contributed by atoms with van der Waals surface area (Å²) in [6.07, 6.45) is 14.9. The van der Waals surface area contributed by atoms with Crippen molar-refractivity contribution in [3.8, 4) is 0 Å². The minimum absolute atomic E-state index is 0.0477. The van der Waals surface area contributed by atoms with E-state index in [1.54, 1.807) is 10.8 Å². The Bertz CT molecular complexity index is 845. The lowest BCUT2D eigenvalue weighted by Crippen LogP contribution is -2.62. The van der Waals surface area contributed by atoms with Crippen molar-refractivity contribution in [3.63, 3.8) is 0 Å². The van der Waals surface area contributed by atoms with Crippen molar-refractivity contribution >= 4 is 21.8 Å². The normalized spacial score (nSPS) is 27.5. The third-order valence-corrected chi connectivity index (χ3v) is 8.67. The Hall–Kier alpha value is -1.21. The first-order valence-electron chi connectivity index (χ1n) is 12.1. The standard InChI is InChI=1S/C24H36BrN3O3/c1-18(13-19-7-3-2-4-8-19)22(30)27-12-11-24(31,23(16-27)9-5-6-10-23)17-28-15-20(25)26-14-21(28)29/h14-15,18-19,31H,2-13,16-17H2,1H3. The average Bonchev–Trinajstić information content (AvgIpc) is 3.23. The fourth-order valence-electron chi connectivity index (χ4n) is 6.44. The molecule has 2 aliphatic carbocycles. The summed E-state index contributed by atoms with van der Waals surface area (Å²) in [5.74, 6) is 0.987. The molecule has 2 unspecified atom stereocenters. The average molecular weight is 494 g/mol. The van der Waals surface area contributed by atoms with Crippen LogP contribution in [0.1, 0.15) is 77.6 Å². The van der Waals surface area contributed by atoms with Crippen LogP contribution in [0.25, 0.3) is 0 Å². The first-order chi connectivity index (χ1) is 14.8. The maximum atomic E-state index is 13.4. The lowest BCUT2D eigenvalue weighted by Gasteiger charge is -2.52. The molecule has 1 saturated heterocycles. The number of aliphatic hydroxyl groups is 1. The summed E-state index contributed by atoms with van der Waals surface area (Å²) in [6.45, 7) is 3.52. The maximum absolute atomic E-state index is 13.4. The van der Waals surface area contributed by atoms with Gasteiger partial charge in [0, 0.05) is 30.6 Å². The smallest absolute Gasteiger partial charge is 0.269 e. The topological polar surface area (TPSA) is 75.4 Å². The van der Waals surface area contributed by atoms with E-state index in [2.05, 4.69) is 27.8 Å². The molecule has 3 aliphatic rings.